The summed E-state index contributed by atoms with van der Waals surface area (Å²) in [5.41, 5.74) is 3.20. The van der Waals surface area contributed by atoms with Crippen molar-refractivity contribution in [3.63, 3.8) is 0 Å². The Kier molecular flexibility index (Phi) is 5.03. The molecule has 0 amide bonds. The number of nitrogens with zero attached hydrogens (tertiary/aromatic N) is 1. The van der Waals surface area contributed by atoms with Gasteiger partial charge in [-0.25, -0.2) is 0 Å². The summed E-state index contributed by atoms with van der Waals surface area (Å²) in [6, 6.07) is 6.02. The van der Waals surface area contributed by atoms with Gasteiger partial charge in [-0.05, 0) is 31.5 Å². The lowest BCUT2D eigenvalue weighted by Crippen LogP contribution is -2.24. The smallest absolute Gasteiger partial charge is 0.0692 e. The summed E-state index contributed by atoms with van der Waals surface area (Å²) in [7, 11) is 0. The van der Waals surface area contributed by atoms with Gasteiger partial charge in [-0.1, -0.05) is 34.1 Å². The minimum absolute atomic E-state index is 0.0630. The van der Waals surface area contributed by atoms with E-state index in [2.05, 4.69) is 34.3 Å². The molecule has 1 rings (SSSR count). The Bertz CT molecular complexity index is 376. The summed E-state index contributed by atoms with van der Waals surface area (Å²) in [6.07, 6.45) is 0. The van der Waals surface area contributed by atoms with Crippen LogP contribution in [0.3, 0.4) is 0 Å². The average Bonchev–Trinajstić information content (AvgIpc) is 2.25. The Morgan fingerprint density at radius 1 is 1.50 bits per heavy atom. The van der Waals surface area contributed by atoms with Crippen LogP contribution in [0, 0.1) is 0 Å². The summed E-state index contributed by atoms with van der Waals surface area (Å²) >= 11 is 3.46. The monoisotopic (exact) mass is 283 g/mol. The highest BCUT2D eigenvalue weighted by Crippen LogP contribution is 2.24. The molecule has 88 valence electrons. The maximum absolute atomic E-state index is 9.09. The summed E-state index contributed by atoms with van der Waals surface area (Å²) in [4.78, 5) is 2.24. The Hall–Kier alpha value is -0.800. The standard InChI is InChI=1S/C13H18BrNO/c1-4-15(8-10(2)3)12-6-5-11(9-16)13(14)7-12/h5-7,16H,2,4,8-9H2,1,3H3. The molecule has 3 heteroatoms. The number of hydrogen-bond donors (Lipinski definition) is 1. The van der Waals surface area contributed by atoms with Crippen LogP contribution in [0.1, 0.15) is 19.4 Å². The van der Waals surface area contributed by atoms with Gasteiger partial charge in [0.15, 0.2) is 0 Å². The topological polar surface area (TPSA) is 23.5 Å². The molecule has 0 aromatic heterocycles. The van der Waals surface area contributed by atoms with Crippen molar-refractivity contribution in [3.8, 4) is 0 Å². The molecule has 0 aliphatic rings. The van der Waals surface area contributed by atoms with Gasteiger partial charge in [-0.15, -0.1) is 0 Å². The number of aliphatic hydroxyl groups excluding tert-OH is 1. The van der Waals surface area contributed by atoms with E-state index in [0.29, 0.717) is 0 Å². The molecule has 0 unspecified atom stereocenters. The normalized spacial score (nSPS) is 10.2. The van der Waals surface area contributed by atoms with Crippen LogP contribution in [-0.2, 0) is 6.61 Å². The lowest BCUT2D eigenvalue weighted by Gasteiger charge is -2.23. The van der Waals surface area contributed by atoms with E-state index in [1.807, 2.05) is 25.1 Å². The third-order valence-corrected chi connectivity index (χ3v) is 3.15. The molecule has 0 spiro atoms. The maximum Gasteiger partial charge on any atom is 0.0692 e. The third-order valence-electron chi connectivity index (χ3n) is 2.41. The first-order valence-electron chi connectivity index (χ1n) is 5.37. The van der Waals surface area contributed by atoms with Crippen molar-refractivity contribution in [2.24, 2.45) is 0 Å². The first kappa shape index (κ1) is 13.3. The summed E-state index contributed by atoms with van der Waals surface area (Å²) < 4.78 is 0.952. The van der Waals surface area contributed by atoms with Crippen LogP contribution in [0.25, 0.3) is 0 Å². The molecule has 0 bridgehead atoms. The van der Waals surface area contributed by atoms with Gasteiger partial charge in [0.2, 0.25) is 0 Å². The van der Waals surface area contributed by atoms with E-state index in [4.69, 9.17) is 5.11 Å². The minimum atomic E-state index is 0.0630. The molecule has 0 fully saturated rings. The second kappa shape index (κ2) is 6.06. The Morgan fingerprint density at radius 2 is 2.19 bits per heavy atom. The fourth-order valence-corrected chi connectivity index (χ4v) is 2.06. The van der Waals surface area contributed by atoms with Crippen LogP contribution in [0.2, 0.25) is 0 Å². The molecule has 0 radical (unpaired) electrons. The van der Waals surface area contributed by atoms with E-state index >= 15 is 0 Å². The van der Waals surface area contributed by atoms with Crippen LogP contribution in [0.15, 0.2) is 34.8 Å². The van der Waals surface area contributed by atoms with Gasteiger partial charge >= 0.3 is 0 Å². The zero-order valence-corrected chi connectivity index (χ0v) is 11.4. The number of halogens is 1. The number of hydrogen-bond acceptors (Lipinski definition) is 2. The van der Waals surface area contributed by atoms with Gasteiger partial charge in [0.1, 0.15) is 0 Å². The largest absolute Gasteiger partial charge is 0.392 e. The number of likely N-dealkylation sites (N-methyl/N-ethyl adjacent to an activating group) is 1. The molecule has 0 saturated heterocycles. The molecule has 0 atom stereocenters. The lowest BCUT2D eigenvalue weighted by molar-refractivity contribution is 0.281. The van der Waals surface area contributed by atoms with Gasteiger partial charge in [-0.3, -0.25) is 0 Å². The summed E-state index contributed by atoms with van der Waals surface area (Å²) in [5.74, 6) is 0. The molecule has 1 N–H and O–H groups in total. The van der Waals surface area contributed by atoms with Gasteiger partial charge in [-0.2, -0.15) is 0 Å². The number of rotatable bonds is 5. The van der Waals surface area contributed by atoms with E-state index in [1.165, 1.54) is 0 Å². The predicted molar refractivity (Wildman–Crippen MR) is 72.8 cm³/mol. The zero-order valence-electron chi connectivity index (χ0n) is 9.83. The van der Waals surface area contributed by atoms with Crippen LogP contribution >= 0.6 is 15.9 Å². The lowest BCUT2D eigenvalue weighted by atomic mass is 10.2. The van der Waals surface area contributed by atoms with Crippen LogP contribution in [-0.4, -0.2) is 18.2 Å². The Morgan fingerprint density at radius 3 is 2.62 bits per heavy atom. The second-order valence-corrected chi connectivity index (χ2v) is 4.76. The van der Waals surface area contributed by atoms with Crippen molar-refractivity contribution >= 4 is 21.6 Å². The fraction of sp³-hybridized carbons (Fsp3) is 0.385. The molecule has 1 aromatic rings. The Labute approximate surface area is 106 Å². The summed E-state index contributed by atoms with van der Waals surface area (Å²) in [5, 5.41) is 9.09. The molecular weight excluding hydrogens is 266 g/mol. The van der Waals surface area contributed by atoms with Crippen molar-refractivity contribution in [2.75, 3.05) is 18.0 Å². The molecule has 16 heavy (non-hydrogen) atoms. The average molecular weight is 284 g/mol. The SMILES string of the molecule is C=C(C)CN(CC)c1ccc(CO)c(Br)c1. The first-order valence-corrected chi connectivity index (χ1v) is 6.16. The van der Waals surface area contributed by atoms with E-state index in [1.54, 1.807) is 0 Å². The van der Waals surface area contributed by atoms with Crippen LogP contribution < -0.4 is 4.90 Å². The summed E-state index contributed by atoms with van der Waals surface area (Å²) in [6.45, 7) is 9.95. The molecule has 0 saturated carbocycles. The van der Waals surface area contributed by atoms with Crippen molar-refractivity contribution in [3.05, 3.63) is 40.4 Å². The van der Waals surface area contributed by atoms with Gasteiger partial charge in [0.25, 0.3) is 0 Å². The van der Waals surface area contributed by atoms with Crippen LogP contribution in [0.4, 0.5) is 5.69 Å². The number of anilines is 1. The van der Waals surface area contributed by atoms with Crippen molar-refractivity contribution in [2.45, 2.75) is 20.5 Å². The highest BCUT2D eigenvalue weighted by Gasteiger charge is 2.06. The molecule has 1 aromatic carbocycles. The maximum atomic E-state index is 9.09. The van der Waals surface area contributed by atoms with E-state index in [9.17, 15) is 0 Å². The van der Waals surface area contributed by atoms with Gasteiger partial charge < -0.3 is 10.0 Å². The fourth-order valence-electron chi connectivity index (χ4n) is 1.57. The quantitative estimate of drug-likeness (QED) is 0.838. The second-order valence-electron chi connectivity index (χ2n) is 3.91. The third kappa shape index (κ3) is 3.35. The molecule has 0 aliphatic carbocycles. The first-order chi connectivity index (χ1) is 7.58. The Balaban J connectivity index is 2.93. The number of benzene rings is 1. The highest BCUT2D eigenvalue weighted by atomic mass is 79.9. The van der Waals surface area contributed by atoms with Crippen molar-refractivity contribution in [1.29, 1.82) is 0 Å². The van der Waals surface area contributed by atoms with Crippen molar-refractivity contribution in [1.82, 2.24) is 0 Å². The molecule has 2 nitrogen and oxygen atoms in total. The number of aliphatic hydroxyl groups is 1. The van der Waals surface area contributed by atoms with E-state index in [0.717, 1.165) is 34.4 Å². The highest BCUT2D eigenvalue weighted by molar-refractivity contribution is 9.10. The molecular formula is C13H18BrNO. The molecule has 0 heterocycles. The van der Waals surface area contributed by atoms with Gasteiger partial charge in [0.05, 0.1) is 6.61 Å². The van der Waals surface area contributed by atoms with E-state index in [-0.39, 0.29) is 6.61 Å². The molecule has 0 aliphatic heterocycles. The van der Waals surface area contributed by atoms with Crippen LogP contribution in [0.5, 0.6) is 0 Å². The predicted octanol–water partition coefficient (Wildman–Crippen LogP) is 3.34. The zero-order chi connectivity index (χ0) is 12.1. The minimum Gasteiger partial charge on any atom is -0.392 e. The van der Waals surface area contributed by atoms with Crippen molar-refractivity contribution < 1.29 is 5.11 Å². The van der Waals surface area contributed by atoms with E-state index < -0.39 is 0 Å². The van der Waals surface area contributed by atoms with Gasteiger partial charge in [0, 0.05) is 23.2 Å².